The Bertz CT molecular complexity index is 848. The van der Waals surface area contributed by atoms with E-state index in [9.17, 15) is 13.2 Å². The van der Waals surface area contributed by atoms with Gasteiger partial charge in [0.25, 0.3) is 0 Å². The Morgan fingerprint density at radius 3 is 3.00 bits per heavy atom. The van der Waals surface area contributed by atoms with Crippen molar-refractivity contribution in [3.8, 4) is 0 Å². The van der Waals surface area contributed by atoms with Crippen LogP contribution in [0, 0.1) is 0 Å². The molecule has 1 unspecified atom stereocenters. The largest absolute Gasteiger partial charge is 0.349 e. The summed E-state index contributed by atoms with van der Waals surface area (Å²) in [6.45, 7) is 0.0374. The molecule has 8 nitrogen and oxygen atoms in total. The number of nitrogens with one attached hydrogen (secondary N) is 2. The molecule has 2 aromatic rings. The van der Waals surface area contributed by atoms with Crippen LogP contribution in [-0.2, 0) is 28.3 Å². The molecule has 2 heterocycles. The highest BCUT2D eigenvalue weighted by Crippen LogP contribution is 2.29. The fourth-order valence-electron chi connectivity index (χ4n) is 3.01. The van der Waals surface area contributed by atoms with Crippen molar-refractivity contribution >= 4 is 15.9 Å². The summed E-state index contributed by atoms with van der Waals surface area (Å²) < 4.78 is 28.4. The van der Waals surface area contributed by atoms with Gasteiger partial charge in [-0.1, -0.05) is 0 Å². The molecule has 0 fully saturated rings. The van der Waals surface area contributed by atoms with E-state index < -0.39 is 10.0 Å². The van der Waals surface area contributed by atoms with Gasteiger partial charge in [0.2, 0.25) is 15.9 Å². The number of aryl methyl sites for hydroxylation is 1. The number of hydrogen-bond donors (Lipinski definition) is 2. The van der Waals surface area contributed by atoms with E-state index in [-0.39, 0.29) is 29.8 Å². The fourth-order valence-corrected chi connectivity index (χ4v) is 4.01. The number of carbonyl (C=O) groups is 1. The topological polar surface area (TPSA) is 106 Å². The Morgan fingerprint density at radius 2 is 2.24 bits per heavy atom. The number of hydrogen-bond acceptors (Lipinski definition) is 5. The first kappa shape index (κ1) is 17.6. The lowest BCUT2D eigenvalue weighted by Gasteiger charge is -2.23. The molecule has 0 bridgehead atoms. The van der Waals surface area contributed by atoms with Gasteiger partial charge in [0, 0.05) is 43.7 Å². The number of amides is 1. The van der Waals surface area contributed by atoms with E-state index in [0.29, 0.717) is 0 Å². The molecule has 2 N–H and O–H groups in total. The SMILES string of the molecule is Cn1ncc2c1CCCC2NC(=O)CCNS(=O)(=O)c1cccnc1. The molecule has 1 atom stereocenters. The molecule has 0 saturated carbocycles. The van der Waals surface area contributed by atoms with Gasteiger partial charge in [-0.15, -0.1) is 0 Å². The highest BCUT2D eigenvalue weighted by atomic mass is 32.2. The summed E-state index contributed by atoms with van der Waals surface area (Å²) >= 11 is 0. The molecule has 0 spiro atoms. The third-order valence-electron chi connectivity index (χ3n) is 4.30. The highest BCUT2D eigenvalue weighted by molar-refractivity contribution is 7.89. The van der Waals surface area contributed by atoms with Crippen LogP contribution in [0.3, 0.4) is 0 Å². The number of pyridine rings is 1. The molecule has 25 heavy (non-hydrogen) atoms. The number of aromatic nitrogens is 3. The van der Waals surface area contributed by atoms with E-state index in [0.717, 1.165) is 30.5 Å². The van der Waals surface area contributed by atoms with E-state index in [1.54, 1.807) is 12.3 Å². The number of nitrogens with zero attached hydrogens (tertiary/aromatic N) is 3. The van der Waals surface area contributed by atoms with Crippen LogP contribution in [0.25, 0.3) is 0 Å². The van der Waals surface area contributed by atoms with Gasteiger partial charge < -0.3 is 5.32 Å². The molecule has 1 aliphatic rings. The van der Waals surface area contributed by atoms with Crippen LogP contribution < -0.4 is 10.0 Å². The zero-order valence-corrected chi connectivity index (χ0v) is 14.8. The van der Waals surface area contributed by atoms with Crippen LogP contribution in [0.1, 0.15) is 36.6 Å². The predicted octanol–water partition coefficient (Wildman–Crippen LogP) is 0.677. The van der Waals surface area contributed by atoms with Gasteiger partial charge in [-0.05, 0) is 31.4 Å². The third kappa shape index (κ3) is 4.05. The molecule has 0 aliphatic heterocycles. The van der Waals surface area contributed by atoms with Gasteiger partial charge in [-0.3, -0.25) is 14.5 Å². The number of carbonyl (C=O) groups excluding carboxylic acids is 1. The van der Waals surface area contributed by atoms with Crippen molar-refractivity contribution in [3.63, 3.8) is 0 Å². The second-order valence-electron chi connectivity index (χ2n) is 6.02. The molecule has 134 valence electrons. The smallest absolute Gasteiger partial charge is 0.242 e. The highest BCUT2D eigenvalue weighted by Gasteiger charge is 2.24. The first-order valence-corrected chi connectivity index (χ1v) is 9.65. The average molecular weight is 363 g/mol. The summed E-state index contributed by atoms with van der Waals surface area (Å²) in [5.41, 5.74) is 2.20. The van der Waals surface area contributed by atoms with Crippen molar-refractivity contribution in [2.45, 2.75) is 36.6 Å². The summed E-state index contributed by atoms with van der Waals surface area (Å²) in [6, 6.07) is 2.96. The van der Waals surface area contributed by atoms with Gasteiger partial charge in [0.15, 0.2) is 0 Å². The lowest BCUT2D eigenvalue weighted by molar-refractivity contribution is -0.121. The van der Waals surface area contributed by atoms with E-state index in [4.69, 9.17) is 0 Å². The first-order chi connectivity index (χ1) is 12.0. The maximum Gasteiger partial charge on any atom is 0.242 e. The number of sulfonamides is 1. The Balaban J connectivity index is 1.53. The van der Waals surface area contributed by atoms with Crippen molar-refractivity contribution in [2.24, 2.45) is 7.05 Å². The van der Waals surface area contributed by atoms with Gasteiger partial charge in [0.1, 0.15) is 4.90 Å². The normalized spacial score (nSPS) is 17.1. The minimum absolute atomic E-state index is 0.0374. The second kappa shape index (κ2) is 7.32. The molecule has 9 heteroatoms. The maximum absolute atomic E-state index is 12.2. The Kier molecular flexibility index (Phi) is 5.14. The summed E-state index contributed by atoms with van der Waals surface area (Å²) in [5.74, 6) is -0.185. The maximum atomic E-state index is 12.2. The Labute approximate surface area is 146 Å². The molecule has 0 radical (unpaired) electrons. The summed E-state index contributed by atoms with van der Waals surface area (Å²) in [5, 5.41) is 7.23. The predicted molar refractivity (Wildman–Crippen MR) is 91.1 cm³/mol. The Morgan fingerprint density at radius 1 is 1.40 bits per heavy atom. The van der Waals surface area contributed by atoms with Crippen LogP contribution in [0.4, 0.5) is 0 Å². The monoisotopic (exact) mass is 363 g/mol. The van der Waals surface area contributed by atoms with Gasteiger partial charge >= 0.3 is 0 Å². The van der Waals surface area contributed by atoms with Gasteiger partial charge in [-0.2, -0.15) is 5.10 Å². The van der Waals surface area contributed by atoms with Crippen molar-refractivity contribution in [2.75, 3.05) is 6.54 Å². The minimum Gasteiger partial charge on any atom is -0.349 e. The summed E-state index contributed by atoms with van der Waals surface area (Å²) in [4.78, 5) is 16.0. The molecule has 1 amide bonds. The minimum atomic E-state index is -3.64. The quantitative estimate of drug-likeness (QED) is 0.785. The van der Waals surface area contributed by atoms with Crippen LogP contribution in [-0.4, -0.2) is 35.6 Å². The zero-order valence-electron chi connectivity index (χ0n) is 14.0. The summed E-state index contributed by atoms with van der Waals surface area (Å²) in [7, 11) is -1.74. The van der Waals surface area contributed by atoms with Crippen LogP contribution in [0.15, 0.2) is 35.6 Å². The molecule has 0 saturated heterocycles. The molecule has 1 aliphatic carbocycles. The molecule has 3 rings (SSSR count). The standard InChI is InChI=1S/C16H21N5O3S/c1-21-15-6-2-5-14(13(15)11-18-21)20-16(22)7-9-19-25(23,24)12-4-3-8-17-10-12/h3-4,8,10-11,14,19H,2,5-7,9H2,1H3,(H,20,22). The summed E-state index contributed by atoms with van der Waals surface area (Å²) in [6.07, 6.45) is 7.47. The van der Waals surface area contributed by atoms with E-state index in [2.05, 4.69) is 20.1 Å². The van der Waals surface area contributed by atoms with Gasteiger partial charge in [0.05, 0.1) is 12.2 Å². The number of fused-ring (bicyclic) bond motifs is 1. The molecular weight excluding hydrogens is 342 g/mol. The molecule has 2 aromatic heterocycles. The van der Waals surface area contributed by atoms with Crippen LogP contribution in [0.2, 0.25) is 0 Å². The van der Waals surface area contributed by atoms with Crippen LogP contribution >= 0.6 is 0 Å². The first-order valence-electron chi connectivity index (χ1n) is 8.17. The lowest BCUT2D eigenvalue weighted by atomic mass is 9.93. The van der Waals surface area contributed by atoms with Crippen molar-refractivity contribution in [1.82, 2.24) is 24.8 Å². The average Bonchev–Trinajstić information content (AvgIpc) is 2.98. The van der Waals surface area contributed by atoms with Crippen molar-refractivity contribution in [1.29, 1.82) is 0 Å². The van der Waals surface area contributed by atoms with Crippen molar-refractivity contribution in [3.05, 3.63) is 42.0 Å². The second-order valence-corrected chi connectivity index (χ2v) is 7.79. The lowest BCUT2D eigenvalue weighted by Crippen LogP contribution is -2.34. The van der Waals surface area contributed by atoms with E-state index in [1.165, 1.54) is 18.5 Å². The molecule has 0 aromatic carbocycles. The van der Waals surface area contributed by atoms with E-state index >= 15 is 0 Å². The Hall–Kier alpha value is -2.26. The van der Waals surface area contributed by atoms with Gasteiger partial charge in [-0.25, -0.2) is 13.1 Å². The molecular formula is C16H21N5O3S. The van der Waals surface area contributed by atoms with Crippen LogP contribution in [0.5, 0.6) is 0 Å². The number of rotatable bonds is 6. The fraction of sp³-hybridized carbons (Fsp3) is 0.438. The third-order valence-corrected chi connectivity index (χ3v) is 5.75. The zero-order chi connectivity index (χ0) is 17.9. The van der Waals surface area contributed by atoms with Crippen molar-refractivity contribution < 1.29 is 13.2 Å². The van der Waals surface area contributed by atoms with E-state index in [1.807, 2.05) is 11.7 Å².